The van der Waals surface area contributed by atoms with Crippen molar-refractivity contribution in [3.05, 3.63) is 18.6 Å². The Balaban J connectivity index is 2.12. The van der Waals surface area contributed by atoms with Crippen LogP contribution in [0.1, 0.15) is 6.92 Å². The molecule has 1 N–H and O–H groups in total. The average Bonchev–Trinajstić information content (AvgIpc) is 2.12. The van der Waals surface area contributed by atoms with Crippen molar-refractivity contribution in [2.45, 2.75) is 13.0 Å². The molecule has 0 aliphatic carbocycles. The summed E-state index contributed by atoms with van der Waals surface area (Å²) >= 11 is 0. The van der Waals surface area contributed by atoms with E-state index in [1.807, 2.05) is 6.07 Å². The van der Waals surface area contributed by atoms with Crippen molar-refractivity contribution >= 4 is 5.82 Å². The molecule has 1 saturated heterocycles. The van der Waals surface area contributed by atoms with Gasteiger partial charge in [0.05, 0.1) is 6.04 Å². The number of nitrogens with zero attached hydrogens (tertiary/aromatic N) is 3. The number of hydrogen-bond donors (Lipinski definition) is 1. The van der Waals surface area contributed by atoms with Gasteiger partial charge in [-0.3, -0.25) is 0 Å². The molecule has 2 heterocycles. The van der Waals surface area contributed by atoms with E-state index in [0.29, 0.717) is 6.04 Å². The molecule has 0 amide bonds. The highest BCUT2D eigenvalue weighted by Gasteiger charge is 2.23. The van der Waals surface area contributed by atoms with Crippen molar-refractivity contribution < 1.29 is 0 Å². The zero-order valence-electron chi connectivity index (χ0n) is 7.77. The van der Waals surface area contributed by atoms with Gasteiger partial charge in [0.15, 0.2) is 0 Å². The summed E-state index contributed by atoms with van der Waals surface area (Å²) < 4.78 is 0. The lowest BCUT2D eigenvalue weighted by atomic mass is 10.1. The number of hydrogen-bond acceptors (Lipinski definition) is 4. The fourth-order valence-electron chi connectivity index (χ4n) is 1.55. The van der Waals surface area contributed by atoms with Gasteiger partial charge in [0.1, 0.15) is 12.1 Å². The fraction of sp³-hybridized carbons (Fsp3) is 0.556. The standard InChI is InChI=1S/C9H14N4/c1-2-13(8-5-11-6-8)9-3-4-10-7-12-9/h3-4,7-8,11H,2,5-6H2,1H3. The van der Waals surface area contributed by atoms with Crippen molar-refractivity contribution in [1.29, 1.82) is 0 Å². The Morgan fingerprint density at radius 2 is 2.46 bits per heavy atom. The van der Waals surface area contributed by atoms with Crippen LogP contribution >= 0.6 is 0 Å². The van der Waals surface area contributed by atoms with Crippen LogP contribution in [0.3, 0.4) is 0 Å². The second-order valence-corrected chi connectivity index (χ2v) is 3.17. The first-order valence-corrected chi connectivity index (χ1v) is 4.65. The molecule has 0 spiro atoms. The van der Waals surface area contributed by atoms with Gasteiger partial charge in [-0.2, -0.15) is 0 Å². The molecule has 1 aliphatic rings. The van der Waals surface area contributed by atoms with Gasteiger partial charge in [-0.1, -0.05) is 0 Å². The van der Waals surface area contributed by atoms with Crippen LogP contribution in [0.4, 0.5) is 5.82 Å². The summed E-state index contributed by atoms with van der Waals surface area (Å²) in [6.07, 6.45) is 3.39. The molecule has 0 radical (unpaired) electrons. The highest BCUT2D eigenvalue weighted by Crippen LogP contribution is 2.14. The van der Waals surface area contributed by atoms with E-state index in [4.69, 9.17) is 0 Å². The van der Waals surface area contributed by atoms with Gasteiger partial charge >= 0.3 is 0 Å². The molecule has 0 aromatic carbocycles. The lowest BCUT2D eigenvalue weighted by Gasteiger charge is -2.38. The lowest BCUT2D eigenvalue weighted by Crippen LogP contribution is -2.57. The van der Waals surface area contributed by atoms with E-state index in [1.165, 1.54) is 0 Å². The first-order chi connectivity index (χ1) is 6.42. The third-order valence-electron chi connectivity index (χ3n) is 2.40. The molecule has 0 saturated carbocycles. The largest absolute Gasteiger partial charge is 0.351 e. The topological polar surface area (TPSA) is 41.1 Å². The minimum absolute atomic E-state index is 0.611. The Hall–Kier alpha value is -1.16. The van der Waals surface area contributed by atoms with Crippen LogP contribution in [0.15, 0.2) is 18.6 Å². The molecule has 13 heavy (non-hydrogen) atoms. The van der Waals surface area contributed by atoms with Gasteiger partial charge in [-0.15, -0.1) is 0 Å². The number of nitrogens with one attached hydrogen (secondary N) is 1. The zero-order chi connectivity index (χ0) is 9.10. The summed E-state index contributed by atoms with van der Waals surface area (Å²) in [7, 11) is 0. The molecular weight excluding hydrogens is 164 g/mol. The number of likely N-dealkylation sites (N-methyl/N-ethyl adjacent to an activating group) is 1. The normalized spacial score (nSPS) is 16.7. The van der Waals surface area contributed by atoms with E-state index in [0.717, 1.165) is 25.5 Å². The maximum absolute atomic E-state index is 4.24. The predicted octanol–water partition coefficient (Wildman–Crippen LogP) is 0.275. The number of rotatable bonds is 3. The summed E-state index contributed by atoms with van der Waals surface area (Å²) in [5.41, 5.74) is 0. The molecule has 1 aromatic heterocycles. The van der Waals surface area contributed by atoms with Crippen LogP contribution in [-0.4, -0.2) is 35.6 Å². The Morgan fingerprint density at radius 1 is 1.62 bits per heavy atom. The van der Waals surface area contributed by atoms with Crippen molar-refractivity contribution in [2.24, 2.45) is 0 Å². The molecule has 0 unspecified atom stereocenters. The SMILES string of the molecule is CCN(c1ccncn1)C1CNC1. The second-order valence-electron chi connectivity index (χ2n) is 3.17. The summed E-state index contributed by atoms with van der Waals surface area (Å²) in [5.74, 6) is 1.03. The lowest BCUT2D eigenvalue weighted by molar-refractivity contribution is 0.415. The molecule has 1 aromatic rings. The third-order valence-corrected chi connectivity index (χ3v) is 2.40. The summed E-state index contributed by atoms with van der Waals surface area (Å²) in [6, 6.07) is 2.57. The maximum atomic E-state index is 4.24. The molecule has 0 bridgehead atoms. The van der Waals surface area contributed by atoms with Crippen molar-refractivity contribution in [3.63, 3.8) is 0 Å². The van der Waals surface area contributed by atoms with Crippen LogP contribution < -0.4 is 10.2 Å². The third kappa shape index (κ3) is 1.62. The molecule has 1 fully saturated rings. The molecular formula is C9H14N4. The van der Waals surface area contributed by atoms with E-state index in [1.54, 1.807) is 12.5 Å². The molecule has 70 valence electrons. The van der Waals surface area contributed by atoms with Crippen molar-refractivity contribution in [3.8, 4) is 0 Å². The Labute approximate surface area is 78.0 Å². The average molecular weight is 178 g/mol. The predicted molar refractivity (Wildman–Crippen MR) is 51.7 cm³/mol. The number of aromatic nitrogens is 2. The Morgan fingerprint density at radius 3 is 2.92 bits per heavy atom. The van der Waals surface area contributed by atoms with Gasteiger partial charge < -0.3 is 10.2 Å². The van der Waals surface area contributed by atoms with Gasteiger partial charge in [-0.25, -0.2) is 9.97 Å². The zero-order valence-corrected chi connectivity index (χ0v) is 7.77. The Bertz CT molecular complexity index is 258. The first-order valence-electron chi connectivity index (χ1n) is 4.65. The summed E-state index contributed by atoms with van der Waals surface area (Å²) in [4.78, 5) is 10.5. The van der Waals surface area contributed by atoms with Gasteiger partial charge in [-0.05, 0) is 13.0 Å². The van der Waals surface area contributed by atoms with Crippen LogP contribution in [0.25, 0.3) is 0 Å². The molecule has 1 aliphatic heterocycles. The fourth-order valence-corrected chi connectivity index (χ4v) is 1.55. The smallest absolute Gasteiger partial charge is 0.132 e. The Kier molecular flexibility index (Phi) is 2.40. The maximum Gasteiger partial charge on any atom is 0.132 e. The van der Waals surface area contributed by atoms with Gasteiger partial charge in [0, 0.05) is 25.8 Å². The van der Waals surface area contributed by atoms with Crippen LogP contribution in [0, 0.1) is 0 Å². The van der Waals surface area contributed by atoms with E-state index < -0.39 is 0 Å². The molecule has 0 atom stereocenters. The van der Waals surface area contributed by atoms with E-state index in [-0.39, 0.29) is 0 Å². The minimum atomic E-state index is 0.611. The van der Waals surface area contributed by atoms with E-state index >= 15 is 0 Å². The monoisotopic (exact) mass is 178 g/mol. The summed E-state index contributed by atoms with van der Waals surface area (Å²) in [6.45, 7) is 5.29. The van der Waals surface area contributed by atoms with E-state index in [2.05, 4.69) is 27.1 Å². The van der Waals surface area contributed by atoms with Gasteiger partial charge in [0.2, 0.25) is 0 Å². The van der Waals surface area contributed by atoms with Crippen LogP contribution in [0.5, 0.6) is 0 Å². The highest BCUT2D eigenvalue weighted by molar-refractivity contribution is 5.38. The second kappa shape index (κ2) is 3.70. The quantitative estimate of drug-likeness (QED) is 0.721. The number of anilines is 1. The van der Waals surface area contributed by atoms with Crippen molar-refractivity contribution in [2.75, 3.05) is 24.5 Å². The van der Waals surface area contributed by atoms with Gasteiger partial charge in [0.25, 0.3) is 0 Å². The highest BCUT2D eigenvalue weighted by atomic mass is 15.3. The summed E-state index contributed by atoms with van der Waals surface area (Å²) in [5, 5.41) is 3.26. The first kappa shape index (κ1) is 8.44. The van der Waals surface area contributed by atoms with E-state index in [9.17, 15) is 0 Å². The molecule has 4 heteroatoms. The van der Waals surface area contributed by atoms with Crippen LogP contribution in [-0.2, 0) is 0 Å². The van der Waals surface area contributed by atoms with Crippen molar-refractivity contribution in [1.82, 2.24) is 15.3 Å². The molecule has 4 nitrogen and oxygen atoms in total. The van der Waals surface area contributed by atoms with Crippen LogP contribution in [0.2, 0.25) is 0 Å². The minimum Gasteiger partial charge on any atom is -0.351 e. The molecule has 2 rings (SSSR count).